The monoisotopic (exact) mass is 402 g/mol. The highest BCUT2D eigenvalue weighted by atomic mass is 16.6. The highest BCUT2D eigenvalue weighted by molar-refractivity contribution is 6.05. The second-order valence-electron chi connectivity index (χ2n) is 6.05. The number of fused-ring (bicyclic) bond motifs is 1. The number of carbonyl (C=O) groups excluding carboxylic acids is 2. The van der Waals surface area contributed by atoms with E-state index in [9.17, 15) is 19.7 Å². The molecule has 1 aliphatic rings. The molecule has 29 heavy (non-hydrogen) atoms. The maximum atomic E-state index is 12.6. The number of amides is 2. The van der Waals surface area contributed by atoms with E-state index in [1.54, 1.807) is 18.2 Å². The molecule has 0 fully saturated rings. The van der Waals surface area contributed by atoms with Crippen molar-refractivity contribution in [2.24, 2.45) is 0 Å². The van der Waals surface area contributed by atoms with Crippen molar-refractivity contribution >= 4 is 29.1 Å². The third-order valence-corrected chi connectivity index (χ3v) is 4.17. The van der Waals surface area contributed by atoms with Gasteiger partial charge in [-0.1, -0.05) is 0 Å². The van der Waals surface area contributed by atoms with Gasteiger partial charge < -0.3 is 29.6 Å². The summed E-state index contributed by atoms with van der Waals surface area (Å²) in [6.07, 6.45) is -0.867. The molecule has 2 amide bonds. The summed E-state index contributed by atoms with van der Waals surface area (Å²) in [5, 5.41) is 13.7. The first kappa shape index (κ1) is 19.9. The lowest BCUT2D eigenvalue weighted by atomic mass is 10.2. The Bertz CT molecular complexity index is 979. The van der Waals surface area contributed by atoms with E-state index in [4.69, 9.17) is 14.2 Å². The van der Waals surface area contributed by atoms with E-state index in [2.05, 4.69) is 10.3 Å². The first-order chi connectivity index (χ1) is 13.8. The number of rotatable bonds is 6. The number of nitro groups is 1. The summed E-state index contributed by atoms with van der Waals surface area (Å²) in [5.41, 5.74) is 0.374. The number of carbonyl (C=O) groups is 2. The van der Waals surface area contributed by atoms with Crippen LogP contribution in [0.3, 0.4) is 0 Å². The zero-order chi connectivity index (χ0) is 21.1. The minimum absolute atomic E-state index is 0.0841. The van der Waals surface area contributed by atoms with Crippen LogP contribution in [0.1, 0.15) is 6.92 Å². The third-order valence-electron chi connectivity index (χ3n) is 4.17. The van der Waals surface area contributed by atoms with Gasteiger partial charge in [0.1, 0.15) is 18.0 Å². The first-order valence-electron chi connectivity index (χ1n) is 8.49. The largest absolute Gasteiger partial charge is 0.497 e. The first-order valence-corrected chi connectivity index (χ1v) is 8.49. The fourth-order valence-electron chi connectivity index (χ4n) is 2.77. The summed E-state index contributed by atoms with van der Waals surface area (Å²) in [5.74, 6) is -0.540. The Balaban J connectivity index is 1.86. The van der Waals surface area contributed by atoms with Crippen LogP contribution in [0.25, 0.3) is 0 Å². The summed E-state index contributed by atoms with van der Waals surface area (Å²) in [4.78, 5) is 40.4. The molecule has 0 saturated carbocycles. The summed E-state index contributed by atoms with van der Waals surface area (Å²) in [6, 6.07) is 7.34. The highest BCUT2D eigenvalue weighted by Gasteiger charge is 2.37. The minimum atomic E-state index is -0.867. The van der Waals surface area contributed by atoms with E-state index in [-0.39, 0.29) is 11.6 Å². The zero-order valence-corrected chi connectivity index (χ0v) is 15.9. The van der Waals surface area contributed by atoms with Crippen molar-refractivity contribution in [3.05, 3.63) is 40.4 Å². The predicted molar refractivity (Wildman–Crippen MR) is 102 cm³/mol. The van der Waals surface area contributed by atoms with Crippen LogP contribution in [0.4, 0.5) is 17.3 Å². The maximum absolute atomic E-state index is 12.6. The van der Waals surface area contributed by atoms with E-state index < -0.39 is 35.2 Å². The average Bonchev–Trinajstić information content (AvgIpc) is 2.71. The van der Waals surface area contributed by atoms with Gasteiger partial charge in [-0.05, 0) is 35.0 Å². The molecular formula is C18H18N4O7. The summed E-state index contributed by atoms with van der Waals surface area (Å²) < 4.78 is 15.8. The number of hydrogen-bond donors (Lipinski definition) is 1. The molecule has 0 radical (unpaired) electrons. The van der Waals surface area contributed by atoms with Crippen molar-refractivity contribution in [2.45, 2.75) is 13.0 Å². The molecule has 1 aromatic carbocycles. The lowest BCUT2D eigenvalue weighted by Gasteiger charge is -2.28. The number of aromatic nitrogens is 1. The van der Waals surface area contributed by atoms with Gasteiger partial charge in [-0.2, -0.15) is 0 Å². The molecule has 1 aliphatic heterocycles. The van der Waals surface area contributed by atoms with Crippen LogP contribution in [-0.4, -0.2) is 48.6 Å². The molecule has 2 aromatic rings. The number of ether oxygens (including phenoxy) is 3. The van der Waals surface area contributed by atoms with Crippen LogP contribution in [0.5, 0.6) is 17.2 Å². The van der Waals surface area contributed by atoms with Crippen LogP contribution in [0, 0.1) is 10.1 Å². The molecule has 1 atom stereocenters. The van der Waals surface area contributed by atoms with Crippen molar-refractivity contribution in [3.8, 4) is 17.2 Å². The normalized spacial score (nSPS) is 15.2. The van der Waals surface area contributed by atoms with Crippen LogP contribution >= 0.6 is 0 Å². The Morgan fingerprint density at radius 2 is 2.07 bits per heavy atom. The zero-order valence-electron chi connectivity index (χ0n) is 15.9. The van der Waals surface area contributed by atoms with E-state index >= 15 is 0 Å². The molecular weight excluding hydrogens is 384 g/mol. The molecule has 1 unspecified atom stereocenters. The smallest absolute Gasteiger partial charge is 0.366 e. The molecule has 0 aliphatic carbocycles. The Kier molecular flexibility index (Phi) is 5.48. The molecule has 2 heterocycles. The van der Waals surface area contributed by atoms with Gasteiger partial charge in [0.2, 0.25) is 5.91 Å². The molecule has 3 rings (SSSR count). The summed E-state index contributed by atoms with van der Waals surface area (Å²) in [6.45, 7) is 1.10. The second kappa shape index (κ2) is 8.00. The van der Waals surface area contributed by atoms with Gasteiger partial charge in [0, 0.05) is 12.1 Å². The van der Waals surface area contributed by atoms with Crippen molar-refractivity contribution in [2.75, 3.05) is 31.0 Å². The Labute approximate surface area is 165 Å². The SMILES string of the molecule is COc1ccc(NC(=O)CN2C(=O)C(C)Oc3ccc([N+](=O)[O-])nc32)c(OC)c1. The quantitative estimate of drug-likeness (QED) is 0.571. The van der Waals surface area contributed by atoms with Gasteiger partial charge in [-0.3, -0.25) is 14.5 Å². The van der Waals surface area contributed by atoms with Crippen LogP contribution in [0.15, 0.2) is 30.3 Å². The number of hydrogen-bond acceptors (Lipinski definition) is 8. The predicted octanol–water partition coefficient (Wildman–Crippen LogP) is 1.76. The summed E-state index contributed by atoms with van der Waals surface area (Å²) >= 11 is 0. The van der Waals surface area contributed by atoms with Crippen molar-refractivity contribution in [3.63, 3.8) is 0 Å². The number of anilines is 2. The average molecular weight is 402 g/mol. The van der Waals surface area contributed by atoms with Crippen LogP contribution < -0.4 is 24.4 Å². The molecule has 11 heteroatoms. The van der Waals surface area contributed by atoms with E-state index in [1.807, 2.05) is 0 Å². The lowest BCUT2D eigenvalue weighted by molar-refractivity contribution is -0.389. The van der Waals surface area contributed by atoms with Crippen molar-refractivity contribution in [1.29, 1.82) is 0 Å². The number of pyridine rings is 1. The second-order valence-corrected chi connectivity index (χ2v) is 6.05. The van der Waals surface area contributed by atoms with Crippen molar-refractivity contribution in [1.82, 2.24) is 4.98 Å². The van der Waals surface area contributed by atoms with Gasteiger partial charge >= 0.3 is 5.82 Å². The van der Waals surface area contributed by atoms with Gasteiger partial charge in [0.25, 0.3) is 11.7 Å². The minimum Gasteiger partial charge on any atom is -0.497 e. The van der Waals surface area contributed by atoms with Gasteiger partial charge in [-0.15, -0.1) is 0 Å². The van der Waals surface area contributed by atoms with E-state index in [0.717, 1.165) is 4.90 Å². The fourth-order valence-corrected chi connectivity index (χ4v) is 2.77. The topological polar surface area (TPSA) is 133 Å². The molecule has 0 bridgehead atoms. The van der Waals surface area contributed by atoms with Crippen LogP contribution in [0.2, 0.25) is 0 Å². The summed E-state index contributed by atoms with van der Waals surface area (Å²) in [7, 11) is 2.94. The Morgan fingerprint density at radius 3 is 2.72 bits per heavy atom. The molecule has 11 nitrogen and oxygen atoms in total. The fraction of sp³-hybridized carbons (Fsp3) is 0.278. The molecule has 1 aromatic heterocycles. The molecule has 0 saturated heterocycles. The molecule has 1 N–H and O–H groups in total. The van der Waals surface area contributed by atoms with Crippen LogP contribution in [-0.2, 0) is 9.59 Å². The highest BCUT2D eigenvalue weighted by Crippen LogP contribution is 2.34. The van der Waals surface area contributed by atoms with E-state index in [1.165, 1.54) is 33.3 Å². The molecule has 152 valence electrons. The lowest BCUT2D eigenvalue weighted by Crippen LogP contribution is -2.48. The number of methoxy groups -OCH3 is 2. The standard InChI is InChI=1S/C18H18N4O7/c1-10-18(24)21(17-13(29-10)6-7-15(20-17)22(25)26)9-16(23)19-12-5-4-11(27-2)8-14(12)28-3/h4-8,10H,9H2,1-3H3,(H,19,23). The maximum Gasteiger partial charge on any atom is 0.366 e. The van der Waals surface area contributed by atoms with E-state index in [0.29, 0.717) is 17.2 Å². The molecule has 0 spiro atoms. The Hall–Kier alpha value is -3.89. The van der Waals surface area contributed by atoms with Gasteiger partial charge in [-0.25, -0.2) is 0 Å². The third kappa shape index (κ3) is 4.03. The van der Waals surface area contributed by atoms with Gasteiger partial charge in [0.15, 0.2) is 11.9 Å². The van der Waals surface area contributed by atoms with Crippen molar-refractivity contribution < 1.29 is 28.7 Å². The number of nitrogens with one attached hydrogen (secondary N) is 1. The Morgan fingerprint density at radius 1 is 1.31 bits per heavy atom. The number of nitrogens with zero attached hydrogens (tertiary/aromatic N) is 3. The van der Waals surface area contributed by atoms with Gasteiger partial charge in [0.05, 0.1) is 19.9 Å². The number of benzene rings is 1.